The van der Waals surface area contributed by atoms with Gasteiger partial charge in [-0.05, 0) is 74.2 Å². The van der Waals surface area contributed by atoms with Crippen LogP contribution in [-0.2, 0) is 21.3 Å². The van der Waals surface area contributed by atoms with Crippen LogP contribution in [0.5, 0.6) is 0 Å². The van der Waals surface area contributed by atoms with Gasteiger partial charge in [-0.3, -0.25) is 0 Å². The van der Waals surface area contributed by atoms with E-state index in [1.807, 2.05) is 27.7 Å². The molecule has 1 aliphatic carbocycles. The van der Waals surface area contributed by atoms with Gasteiger partial charge in [0.15, 0.2) is 0 Å². The van der Waals surface area contributed by atoms with E-state index < -0.39 is 0 Å². The summed E-state index contributed by atoms with van der Waals surface area (Å²) in [7, 11) is 0. The van der Waals surface area contributed by atoms with Gasteiger partial charge in [0.25, 0.3) is 0 Å². The molecule has 3 aliphatic rings. The first-order chi connectivity index (χ1) is 19.5. The summed E-state index contributed by atoms with van der Waals surface area (Å²) in [6, 6.07) is 32.0. The lowest BCUT2D eigenvalue weighted by Gasteiger charge is -2.22. The Morgan fingerprint density at radius 2 is 1.15 bits per heavy atom. The Morgan fingerprint density at radius 3 is 1.60 bits per heavy atom. The van der Waals surface area contributed by atoms with Gasteiger partial charge >= 0.3 is 0 Å². The fraction of sp³-hybridized carbons (Fsp3) is 0.368. The highest BCUT2D eigenvalue weighted by molar-refractivity contribution is 5.85. The molecule has 3 unspecified atom stereocenters. The summed E-state index contributed by atoms with van der Waals surface area (Å²) in [5.74, 6) is 0. The van der Waals surface area contributed by atoms with Crippen LogP contribution in [0.1, 0.15) is 83.2 Å². The topological polar surface area (TPSA) is 25.1 Å². The summed E-state index contributed by atoms with van der Waals surface area (Å²) in [5.41, 5.74) is 13.2. The van der Waals surface area contributed by atoms with Crippen molar-refractivity contribution in [2.24, 2.45) is 0 Å². The maximum Gasteiger partial charge on any atom is 0.109 e. The van der Waals surface area contributed by atoms with E-state index in [4.69, 9.17) is 9.47 Å². The van der Waals surface area contributed by atoms with Gasteiger partial charge in [-0.1, -0.05) is 121 Å². The zero-order chi connectivity index (χ0) is 28.4. The molecule has 2 saturated heterocycles. The quantitative estimate of drug-likeness (QED) is 0.231. The summed E-state index contributed by atoms with van der Waals surface area (Å²) in [5, 5.41) is 0. The van der Waals surface area contributed by atoms with Crippen LogP contribution in [0.15, 0.2) is 84.9 Å². The van der Waals surface area contributed by atoms with Gasteiger partial charge in [0.05, 0.1) is 18.8 Å². The molecule has 208 valence electrons. The highest BCUT2D eigenvalue weighted by Gasteiger charge is 2.38. The standard InChI is InChI=1S/C34H32O2.2C2H6/c1-4-32-33(36-32)24-11-9-23(10-12-24)26-14-16-29-28-15-13-25(18-30(28)34(2,3)31(29)19-26)22-7-5-21(6-8-22)17-27-20-35-27;2*1-2/h5-16,18-19,27,32-33H,4,17,20H2,1-3H3;2*1-2H3. The van der Waals surface area contributed by atoms with Crippen molar-refractivity contribution in [1.29, 1.82) is 0 Å². The summed E-state index contributed by atoms with van der Waals surface area (Å²) in [6.45, 7) is 15.8. The number of hydrogen-bond donors (Lipinski definition) is 0. The lowest BCUT2D eigenvalue weighted by Crippen LogP contribution is -2.15. The normalized spacial score (nSPS) is 20.7. The third-order valence-electron chi connectivity index (χ3n) is 8.39. The first-order valence-corrected chi connectivity index (χ1v) is 15.3. The third-order valence-corrected chi connectivity index (χ3v) is 8.39. The van der Waals surface area contributed by atoms with E-state index in [0.29, 0.717) is 12.2 Å². The number of ether oxygens (including phenoxy) is 2. The zero-order valence-corrected chi connectivity index (χ0v) is 25.3. The molecule has 2 heterocycles. The van der Waals surface area contributed by atoms with Gasteiger partial charge in [-0.15, -0.1) is 0 Å². The number of hydrogen-bond acceptors (Lipinski definition) is 2. The second-order valence-corrected chi connectivity index (χ2v) is 11.1. The molecule has 7 rings (SSSR count). The zero-order valence-electron chi connectivity index (χ0n) is 25.3. The smallest absolute Gasteiger partial charge is 0.109 e. The lowest BCUT2D eigenvalue weighted by atomic mass is 9.81. The first-order valence-electron chi connectivity index (χ1n) is 15.3. The Bertz CT molecular complexity index is 1440. The molecule has 0 N–H and O–H groups in total. The Labute approximate surface area is 241 Å². The van der Waals surface area contributed by atoms with Crippen molar-refractivity contribution in [2.75, 3.05) is 6.61 Å². The van der Waals surface area contributed by atoms with Gasteiger partial charge in [-0.2, -0.15) is 0 Å². The Hall–Kier alpha value is -3.20. The molecule has 2 fully saturated rings. The molecule has 0 amide bonds. The summed E-state index contributed by atoms with van der Waals surface area (Å²) < 4.78 is 11.2. The highest BCUT2D eigenvalue weighted by atomic mass is 16.6. The molecule has 0 saturated carbocycles. The summed E-state index contributed by atoms with van der Waals surface area (Å²) >= 11 is 0. The minimum absolute atomic E-state index is 0.0456. The Balaban J connectivity index is 0.000000774. The number of fused-ring (bicyclic) bond motifs is 3. The highest BCUT2D eigenvalue weighted by Crippen LogP contribution is 2.50. The molecule has 0 aromatic heterocycles. The van der Waals surface area contributed by atoms with Crippen LogP contribution < -0.4 is 0 Å². The predicted octanol–water partition coefficient (Wildman–Crippen LogP) is 10.2. The molecule has 2 nitrogen and oxygen atoms in total. The second kappa shape index (κ2) is 11.7. The van der Waals surface area contributed by atoms with Crippen LogP contribution in [0.4, 0.5) is 0 Å². The van der Waals surface area contributed by atoms with E-state index in [1.54, 1.807) is 0 Å². The van der Waals surface area contributed by atoms with Crippen molar-refractivity contribution in [3.05, 3.63) is 107 Å². The third kappa shape index (κ3) is 5.40. The molecule has 2 aliphatic heterocycles. The minimum atomic E-state index is -0.0456. The molecule has 4 aromatic rings. The molecule has 3 atom stereocenters. The maximum absolute atomic E-state index is 5.78. The van der Waals surface area contributed by atoms with E-state index >= 15 is 0 Å². The van der Waals surface area contributed by atoms with Crippen molar-refractivity contribution < 1.29 is 9.47 Å². The van der Waals surface area contributed by atoms with E-state index in [-0.39, 0.29) is 11.5 Å². The van der Waals surface area contributed by atoms with Crippen LogP contribution in [0.3, 0.4) is 0 Å². The molecule has 0 spiro atoms. The van der Waals surface area contributed by atoms with Crippen molar-refractivity contribution in [1.82, 2.24) is 0 Å². The monoisotopic (exact) mass is 532 g/mol. The van der Waals surface area contributed by atoms with E-state index in [9.17, 15) is 0 Å². The average molecular weight is 533 g/mol. The average Bonchev–Trinajstić information content (AvgIpc) is 3.95. The maximum atomic E-state index is 5.78. The number of rotatable bonds is 6. The van der Waals surface area contributed by atoms with Crippen molar-refractivity contribution in [2.45, 2.75) is 85.0 Å². The Morgan fingerprint density at radius 1 is 0.675 bits per heavy atom. The fourth-order valence-electron chi connectivity index (χ4n) is 5.99. The van der Waals surface area contributed by atoms with Crippen LogP contribution >= 0.6 is 0 Å². The fourth-order valence-corrected chi connectivity index (χ4v) is 5.99. The molecule has 0 radical (unpaired) electrons. The van der Waals surface area contributed by atoms with Crippen LogP contribution in [0.25, 0.3) is 33.4 Å². The number of benzene rings is 4. The van der Waals surface area contributed by atoms with E-state index in [1.165, 1.54) is 55.6 Å². The van der Waals surface area contributed by atoms with Crippen LogP contribution in [-0.4, -0.2) is 18.8 Å². The lowest BCUT2D eigenvalue weighted by molar-refractivity contribution is 0.370. The first kappa shape index (κ1) is 28.3. The predicted molar refractivity (Wildman–Crippen MR) is 169 cm³/mol. The van der Waals surface area contributed by atoms with E-state index in [0.717, 1.165) is 19.4 Å². The number of epoxide rings is 2. The Kier molecular flexibility index (Phi) is 8.31. The molecule has 40 heavy (non-hydrogen) atoms. The van der Waals surface area contributed by atoms with Crippen molar-refractivity contribution in [3.8, 4) is 33.4 Å². The molecule has 4 aromatic carbocycles. The molecule has 2 heteroatoms. The largest absolute Gasteiger partial charge is 0.373 e. The van der Waals surface area contributed by atoms with Crippen LogP contribution in [0, 0.1) is 0 Å². The van der Waals surface area contributed by atoms with Crippen LogP contribution in [0.2, 0.25) is 0 Å². The minimum Gasteiger partial charge on any atom is -0.373 e. The summed E-state index contributed by atoms with van der Waals surface area (Å²) in [4.78, 5) is 0. The van der Waals surface area contributed by atoms with Gasteiger partial charge < -0.3 is 9.47 Å². The van der Waals surface area contributed by atoms with Gasteiger partial charge in [-0.25, -0.2) is 0 Å². The van der Waals surface area contributed by atoms with Gasteiger partial charge in [0.2, 0.25) is 0 Å². The van der Waals surface area contributed by atoms with Crippen molar-refractivity contribution in [3.63, 3.8) is 0 Å². The molecule has 0 bridgehead atoms. The summed E-state index contributed by atoms with van der Waals surface area (Å²) in [6.07, 6.45) is 3.21. The SMILES string of the molecule is CC.CC.CCC1OC1c1ccc(-c2ccc3c(c2)C(C)(C)c2cc(-c4ccc(CC5CO5)cc4)ccc2-3)cc1. The molecular formula is C38H44O2. The molecular weight excluding hydrogens is 488 g/mol. The van der Waals surface area contributed by atoms with Gasteiger partial charge in [0.1, 0.15) is 6.10 Å². The van der Waals surface area contributed by atoms with Crippen molar-refractivity contribution >= 4 is 0 Å². The van der Waals surface area contributed by atoms with E-state index in [2.05, 4.69) is 106 Å². The van der Waals surface area contributed by atoms with Gasteiger partial charge in [0, 0.05) is 11.8 Å². The second-order valence-electron chi connectivity index (χ2n) is 11.1.